The van der Waals surface area contributed by atoms with Crippen LogP contribution in [0, 0.1) is 13.8 Å². The Hall–Kier alpha value is -3.00. The number of hydrogen-bond acceptors (Lipinski definition) is 7. The molecule has 1 aliphatic rings. The molecule has 2 heterocycles. The predicted molar refractivity (Wildman–Crippen MR) is 109 cm³/mol. The van der Waals surface area contributed by atoms with Crippen molar-refractivity contribution >= 4 is 17.7 Å². The Labute approximate surface area is 172 Å². The Morgan fingerprint density at radius 1 is 1.14 bits per heavy atom. The standard InChI is InChI=1S/C21H21N3O4S/c1-13-7-8-15(9-14(13)2)20-23-24-21(28-20)29-12-19(25)22-10-16-11-26-17-5-3-4-6-18(17)27-16/h3-9,16H,10-12H2,1-2H3,(H,22,25)/t16-/m0/s1. The van der Waals surface area contributed by atoms with Crippen molar-refractivity contribution in [2.45, 2.75) is 25.2 Å². The Balaban J connectivity index is 1.25. The van der Waals surface area contributed by atoms with Gasteiger partial charge in [0.25, 0.3) is 5.22 Å². The quantitative estimate of drug-likeness (QED) is 0.622. The molecule has 7 nitrogen and oxygen atoms in total. The van der Waals surface area contributed by atoms with Gasteiger partial charge >= 0.3 is 0 Å². The van der Waals surface area contributed by atoms with Crippen molar-refractivity contribution in [1.82, 2.24) is 15.5 Å². The molecule has 0 fully saturated rings. The first-order chi connectivity index (χ1) is 14.1. The lowest BCUT2D eigenvalue weighted by Crippen LogP contribution is -2.41. The maximum absolute atomic E-state index is 12.1. The minimum absolute atomic E-state index is 0.136. The lowest BCUT2D eigenvalue weighted by Gasteiger charge is -2.26. The SMILES string of the molecule is Cc1ccc(-c2nnc(SCC(=O)NC[C@H]3COc4ccccc4O3)o2)cc1C. The number of carbonyl (C=O) groups is 1. The third kappa shape index (κ3) is 4.71. The largest absolute Gasteiger partial charge is 0.486 e. The maximum atomic E-state index is 12.1. The van der Waals surface area contributed by atoms with Gasteiger partial charge in [-0.3, -0.25) is 4.79 Å². The maximum Gasteiger partial charge on any atom is 0.277 e. The number of fused-ring (bicyclic) bond motifs is 1. The molecule has 0 spiro atoms. The lowest BCUT2D eigenvalue weighted by molar-refractivity contribution is -0.119. The number of benzene rings is 2. The van der Waals surface area contributed by atoms with Crippen LogP contribution in [0.4, 0.5) is 0 Å². The Bertz CT molecular complexity index is 1020. The van der Waals surface area contributed by atoms with E-state index in [1.807, 2.05) is 49.4 Å². The van der Waals surface area contributed by atoms with E-state index in [0.717, 1.165) is 16.9 Å². The van der Waals surface area contributed by atoms with E-state index in [0.29, 0.717) is 30.0 Å². The number of hydrogen-bond donors (Lipinski definition) is 1. The fourth-order valence-corrected chi connectivity index (χ4v) is 3.42. The fraction of sp³-hybridized carbons (Fsp3) is 0.286. The second-order valence-corrected chi connectivity index (χ2v) is 7.69. The molecule has 1 aliphatic heterocycles. The van der Waals surface area contributed by atoms with E-state index >= 15 is 0 Å². The number of amides is 1. The number of carbonyl (C=O) groups excluding carboxylic acids is 1. The van der Waals surface area contributed by atoms with Gasteiger partial charge < -0.3 is 19.2 Å². The summed E-state index contributed by atoms with van der Waals surface area (Å²) < 4.78 is 17.1. The average molecular weight is 411 g/mol. The molecule has 29 heavy (non-hydrogen) atoms. The Morgan fingerprint density at radius 3 is 2.79 bits per heavy atom. The van der Waals surface area contributed by atoms with Gasteiger partial charge in [-0.25, -0.2) is 0 Å². The zero-order valence-corrected chi connectivity index (χ0v) is 17.0. The number of aromatic nitrogens is 2. The number of nitrogens with zero attached hydrogens (tertiary/aromatic N) is 2. The van der Waals surface area contributed by atoms with Crippen LogP contribution in [-0.2, 0) is 4.79 Å². The van der Waals surface area contributed by atoms with Crippen LogP contribution < -0.4 is 14.8 Å². The van der Waals surface area contributed by atoms with Gasteiger partial charge in [0.2, 0.25) is 11.8 Å². The second kappa shape index (κ2) is 8.57. The van der Waals surface area contributed by atoms with Gasteiger partial charge in [-0.15, -0.1) is 10.2 Å². The summed E-state index contributed by atoms with van der Waals surface area (Å²) in [5.41, 5.74) is 3.23. The van der Waals surface area contributed by atoms with Crippen molar-refractivity contribution in [3.63, 3.8) is 0 Å². The van der Waals surface area contributed by atoms with Crippen LogP contribution in [0.1, 0.15) is 11.1 Å². The first kappa shape index (κ1) is 19.3. The monoisotopic (exact) mass is 411 g/mol. The molecule has 0 radical (unpaired) electrons. The van der Waals surface area contributed by atoms with Crippen LogP contribution in [0.2, 0.25) is 0 Å². The number of ether oxygens (including phenoxy) is 2. The Morgan fingerprint density at radius 2 is 1.97 bits per heavy atom. The first-order valence-electron chi connectivity index (χ1n) is 9.27. The summed E-state index contributed by atoms with van der Waals surface area (Å²) in [6, 6.07) is 13.5. The topological polar surface area (TPSA) is 86.5 Å². The summed E-state index contributed by atoms with van der Waals surface area (Å²) in [7, 11) is 0. The number of para-hydroxylation sites is 2. The molecule has 1 aromatic heterocycles. The number of nitrogens with one attached hydrogen (secondary N) is 1. The van der Waals surface area contributed by atoms with Crippen LogP contribution in [0.25, 0.3) is 11.5 Å². The minimum atomic E-state index is -0.223. The molecule has 8 heteroatoms. The van der Waals surface area contributed by atoms with E-state index in [2.05, 4.69) is 22.4 Å². The summed E-state index contributed by atoms with van der Waals surface area (Å²) in [6.45, 7) is 4.85. The van der Waals surface area contributed by atoms with Crippen molar-refractivity contribution in [3.8, 4) is 23.0 Å². The summed E-state index contributed by atoms with van der Waals surface area (Å²) in [6.07, 6.45) is -0.223. The van der Waals surface area contributed by atoms with Crippen molar-refractivity contribution in [3.05, 3.63) is 53.6 Å². The number of rotatable bonds is 6. The van der Waals surface area contributed by atoms with E-state index in [9.17, 15) is 4.79 Å². The fourth-order valence-electron chi connectivity index (χ4n) is 2.83. The Kier molecular flexibility index (Phi) is 5.71. The number of aryl methyl sites for hydroxylation is 2. The molecule has 4 rings (SSSR count). The van der Waals surface area contributed by atoms with Crippen LogP contribution in [0.3, 0.4) is 0 Å². The molecule has 0 bridgehead atoms. The highest BCUT2D eigenvalue weighted by Crippen LogP contribution is 2.30. The lowest BCUT2D eigenvalue weighted by atomic mass is 10.1. The van der Waals surface area contributed by atoms with Gasteiger partial charge in [-0.05, 0) is 49.2 Å². The van der Waals surface area contributed by atoms with Gasteiger partial charge in [0, 0.05) is 5.56 Å². The minimum Gasteiger partial charge on any atom is -0.486 e. The molecule has 3 aromatic rings. The second-order valence-electron chi connectivity index (χ2n) is 6.76. The van der Waals surface area contributed by atoms with Crippen LogP contribution in [-0.4, -0.2) is 41.1 Å². The molecule has 0 aliphatic carbocycles. The van der Waals surface area contributed by atoms with Crippen LogP contribution in [0.15, 0.2) is 52.1 Å². The van der Waals surface area contributed by atoms with E-state index in [1.54, 1.807) is 0 Å². The molecule has 0 saturated carbocycles. The van der Waals surface area contributed by atoms with Crippen LogP contribution >= 0.6 is 11.8 Å². The molecule has 0 unspecified atom stereocenters. The molecule has 2 aromatic carbocycles. The molecular formula is C21H21N3O4S. The van der Waals surface area contributed by atoms with Crippen molar-refractivity contribution in [1.29, 1.82) is 0 Å². The zero-order chi connectivity index (χ0) is 20.2. The highest BCUT2D eigenvalue weighted by molar-refractivity contribution is 7.99. The third-order valence-electron chi connectivity index (χ3n) is 4.58. The zero-order valence-electron chi connectivity index (χ0n) is 16.2. The van der Waals surface area contributed by atoms with Gasteiger partial charge in [0.15, 0.2) is 11.5 Å². The summed E-state index contributed by atoms with van der Waals surface area (Å²) >= 11 is 1.20. The van der Waals surface area contributed by atoms with Gasteiger partial charge in [0.05, 0.1) is 12.3 Å². The molecule has 1 atom stereocenters. The van der Waals surface area contributed by atoms with E-state index < -0.39 is 0 Å². The molecule has 1 N–H and O–H groups in total. The van der Waals surface area contributed by atoms with E-state index in [1.165, 1.54) is 17.3 Å². The van der Waals surface area contributed by atoms with Crippen molar-refractivity contribution < 1.29 is 18.7 Å². The average Bonchev–Trinajstić information content (AvgIpc) is 3.21. The summed E-state index contributed by atoms with van der Waals surface area (Å²) in [5, 5.41) is 11.3. The molecule has 150 valence electrons. The van der Waals surface area contributed by atoms with Gasteiger partial charge in [-0.2, -0.15) is 0 Å². The highest BCUT2D eigenvalue weighted by Gasteiger charge is 2.21. The normalized spacial score (nSPS) is 15.2. The van der Waals surface area contributed by atoms with Crippen molar-refractivity contribution in [2.24, 2.45) is 0 Å². The third-order valence-corrected chi connectivity index (χ3v) is 5.40. The molecule has 0 saturated heterocycles. The van der Waals surface area contributed by atoms with E-state index in [4.69, 9.17) is 13.9 Å². The summed E-state index contributed by atoms with van der Waals surface area (Å²) in [5.74, 6) is 1.91. The summed E-state index contributed by atoms with van der Waals surface area (Å²) in [4.78, 5) is 12.1. The highest BCUT2D eigenvalue weighted by atomic mass is 32.2. The smallest absolute Gasteiger partial charge is 0.277 e. The van der Waals surface area contributed by atoms with Crippen LogP contribution in [0.5, 0.6) is 11.5 Å². The van der Waals surface area contributed by atoms with Crippen molar-refractivity contribution in [2.75, 3.05) is 18.9 Å². The van der Waals surface area contributed by atoms with Gasteiger partial charge in [-0.1, -0.05) is 30.0 Å². The molecular weight excluding hydrogens is 390 g/mol. The van der Waals surface area contributed by atoms with Gasteiger partial charge in [0.1, 0.15) is 12.7 Å². The number of thioether (sulfide) groups is 1. The van der Waals surface area contributed by atoms with E-state index in [-0.39, 0.29) is 17.8 Å². The predicted octanol–water partition coefficient (Wildman–Crippen LogP) is 3.40. The first-order valence-corrected chi connectivity index (χ1v) is 10.3. The molecule has 1 amide bonds.